The molecule has 0 aliphatic carbocycles. The summed E-state index contributed by atoms with van der Waals surface area (Å²) in [6, 6.07) is 15.4. The van der Waals surface area contributed by atoms with Crippen LogP contribution in [0.4, 0.5) is 10.5 Å². The van der Waals surface area contributed by atoms with Crippen molar-refractivity contribution in [2.24, 2.45) is 0 Å². The average molecular weight is 487 g/mol. The molecule has 1 aromatic carbocycles. The number of fused-ring (bicyclic) bond motifs is 1. The number of hydrogen-bond acceptors (Lipinski definition) is 8. The largest absolute Gasteiger partial charge is 0.338 e. The van der Waals surface area contributed by atoms with E-state index in [1.807, 2.05) is 58.5 Å². The molecular formula is C24H22N8O2S. The Bertz CT molecular complexity index is 1440. The van der Waals surface area contributed by atoms with E-state index < -0.39 is 0 Å². The topological polar surface area (TPSA) is 105 Å². The highest BCUT2D eigenvalue weighted by atomic mass is 32.1. The molecule has 0 atom stereocenters. The number of anilines is 1. The van der Waals surface area contributed by atoms with Gasteiger partial charge in [0, 0.05) is 26.2 Å². The van der Waals surface area contributed by atoms with Crippen LogP contribution in [0, 0.1) is 0 Å². The van der Waals surface area contributed by atoms with Crippen molar-refractivity contribution in [2.75, 3.05) is 31.5 Å². The molecule has 11 heteroatoms. The van der Waals surface area contributed by atoms with Gasteiger partial charge in [-0.25, -0.2) is 14.8 Å². The summed E-state index contributed by atoms with van der Waals surface area (Å²) in [5.74, 6) is 1.95. The maximum atomic E-state index is 12.8. The van der Waals surface area contributed by atoms with Crippen molar-refractivity contribution in [1.29, 1.82) is 0 Å². The average Bonchev–Trinajstić information content (AvgIpc) is 3.66. The summed E-state index contributed by atoms with van der Waals surface area (Å²) in [7, 11) is 0. The zero-order valence-corrected chi connectivity index (χ0v) is 19.6. The Hall–Kier alpha value is -4.09. The number of pyridine rings is 1. The van der Waals surface area contributed by atoms with Gasteiger partial charge in [0.05, 0.1) is 34.3 Å². The SMILES string of the molecule is O=C(Nc1ccc(-n2cnc3ccccc32)nc1)N1CCN(Cc2nc(-c3cccs3)no2)CC1. The fraction of sp³-hybridized carbons (Fsp3) is 0.208. The van der Waals surface area contributed by atoms with Crippen LogP contribution in [0.15, 0.2) is 71.0 Å². The lowest BCUT2D eigenvalue weighted by Crippen LogP contribution is -2.49. The Morgan fingerprint density at radius 2 is 1.91 bits per heavy atom. The van der Waals surface area contributed by atoms with Gasteiger partial charge < -0.3 is 14.7 Å². The lowest BCUT2D eigenvalue weighted by atomic mass is 10.3. The van der Waals surface area contributed by atoms with Crippen molar-refractivity contribution < 1.29 is 9.32 Å². The minimum Gasteiger partial charge on any atom is -0.338 e. The number of piperazine rings is 1. The van der Waals surface area contributed by atoms with Crippen LogP contribution in [-0.2, 0) is 6.54 Å². The van der Waals surface area contributed by atoms with Gasteiger partial charge in [0.15, 0.2) is 0 Å². The molecule has 0 radical (unpaired) electrons. The van der Waals surface area contributed by atoms with Gasteiger partial charge in [-0.15, -0.1) is 11.3 Å². The van der Waals surface area contributed by atoms with Crippen LogP contribution in [-0.4, -0.2) is 66.7 Å². The number of carbonyl (C=O) groups is 1. The molecule has 0 bridgehead atoms. The first-order valence-corrected chi connectivity index (χ1v) is 12.1. The number of imidazole rings is 1. The molecule has 1 fully saturated rings. The third kappa shape index (κ3) is 4.51. The highest BCUT2D eigenvalue weighted by Gasteiger charge is 2.23. The van der Waals surface area contributed by atoms with Crippen molar-refractivity contribution in [1.82, 2.24) is 34.5 Å². The fourth-order valence-corrected chi connectivity index (χ4v) is 4.72. The standard InChI is InChI=1S/C24H22N8O2S/c33-24(27-17-7-8-21(25-14-17)32-16-26-18-4-1-2-5-19(18)32)31-11-9-30(10-12-31)15-22-28-23(29-34-22)20-6-3-13-35-20/h1-8,13-14,16H,9-12,15H2,(H,27,33). The number of aromatic nitrogens is 5. The molecule has 6 rings (SSSR count). The van der Waals surface area contributed by atoms with E-state index in [-0.39, 0.29) is 6.03 Å². The molecule has 1 aliphatic heterocycles. The van der Waals surface area contributed by atoms with E-state index in [1.165, 1.54) is 0 Å². The van der Waals surface area contributed by atoms with Gasteiger partial charge in [0.1, 0.15) is 12.1 Å². The Morgan fingerprint density at radius 3 is 2.71 bits per heavy atom. The van der Waals surface area contributed by atoms with Crippen LogP contribution >= 0.6 is 11.3 Å². The summed E-state index contributed by atoms with van der Waals surface area (Å²) in [5, 5.41) is 9.00. The van der Waals surface area contributed by atoms with Gasteiger partial charge in [0.2, 0.25) is 11.7 Å². The number of hydrogen-bond donors (Lipinski definition) is 1. The van der Waals surface area contributed by atoms with Crippen molar-refractivity contribution in [3.63, 3.8) is 0 Å². The Balaban J connectivity index is 1.02. The molecule has 4 aromatic heterocycles. The molecule has 0 saturated carbocycles. The fourth-order valence-electron chi connectivity index (χ4n) is 4.07. The number of nitrogens with one attached hydrogen (secondary N) is 1. The van der Waals surface area contributed by atoms with Gasteiger partial charge in [-0.05, 0) is 35.7 Å². The van der Waals surface area contributed by atoms with E-state index >= 15 is 0 Å². The second-order valence-corrected chi connectivity index (χ2v) is 9.14. The lowest BCUT2D eigenvalue weighted by Gasteiger charge is -2.33. The molecule has 1 aliphatic rings. The summed E-state index contributed by atoms with van der Waals surface area (Å²) in [6.07, 6.45) is 3.42. The number of benzene rings is 1. The van der Waals surface area contributed by atoms with Crippen molar-refractivity contribution in [2.45, 2.75) is 6.54 Å². The monoisotopic (exact) mass is 486 g/mol. The Kier molecular flexibility index (Phi) is 5.68. The molecule has 35 heavy (non-hydrogen) atoms. The van der Waals surface area contributed by atoms with Gasteiger partial charge in [-0.1, -0.05) is 23.4 Å². The highest BCUT2D eigenvalue weighted by Crippen LogP contribution is 2.22. The number of nitrogens with zero attached hydrogens (tertiary/aromatic N) is 7. The number of urea groups is 1. The number of amides is 2. The van der Waals surface area contributed by atoms with E-state index in [4.69, 9.17) is 4.52 Å². The second kappa shape index (κ2) is 9.28. The first-order valence-electron chi connectivity index (χ1n) is 11.3. The quantitative estimate of drug-likeness (QED) is 0.402. The van der Waals surface area contributed by atoms with Gasteiger partial charge in [-0.3, -0.25) is 9.47 Å². The van der Waals surface area contributed by atoms with E-state index in [0.29, 0.717) is 37.0 Å². The number of rotatable bonds is 5. The molecule has 0 unspecified atom stereocenters. The molecule has 5 aromatic rings. The molecular weight excluding hydrogens is 464 g/mol. The number of carbonyl (C=O) groups excluding carboxylic acids is 1. The summed E-state index contributed by atoms with van der Waals surface area (Å²) < 4.78 is 7.33. The number of thiophene rings is 1. The zero-order valence-electron chi connectivity index (χ0n) is 18.7. The molecule has 1 saturated heterocycles. The van der Waals surface area contributed by atoms with Crippen LogP contribution in [0.1, 0.15) is 5.89 Å². The first-order chi connectivity index (χ1) is 17.2. The predicted octanol–water partition coefficient (Wildman–Crippen LogP) is 3.88. The third-order valence-electron chi connectivity index (χ3n) is 5.93. The summed E-state index contributed by atoms with van der Waals surface area (Å²) in [5.41, 5.74) is 2.54. The molecule has 176 valence electrons. The van der Waals surface area contributed by atoms with Crippen LogP contribution in [0.25, 0.3) is 27.6 Å². The smallest absolute Gasteiger partial charge is 0.321 e. The minimum absolute atomic E-state index is 0.134. The molecule has 5 heterocycles. The molecule has 0 spiro atoms. The van der Waals surface area contributed by atoms with Gasteiger partial charge >= 0.3 is 6.03 Å². The Labute approximate surface area is 204 Å². The van der Waals surface area contributed by atoms with Crippen LogP contribution in [0.5, 0.6) is 0 Å². The lowest BCUT2D eigenvalue weighted by molar-refractivity contribution is 0.133. The van der Waals surface area contributed by atoms with Gasteiger partial charge in [-0.2, -0.15) is 4.98 Å². The normalized spacial score (nSPS) is 14.5. The highest BCUT2D eigenvalue weighted by molar-refractivity contribution is 7.13. The Morgan fingerprint density at radius 1 is 1.03 bits per heavy atom. The van der Waals surface area contributed by atoms with E-state index in [1.54, 1.807) is 28.8 Å². The minimum atomic E-state index is -0.134. The second-order valence-electron chi connectivity index (χ2n) is 8.19. The van der Waals surface area contributed by atoms with Crippen LogP contribution in [0.2, 0.25) is 0 Å². The van der Waals surface area contributed by atoms with Crippen molar-refractivity contribution in [3.05, 3.63) is 72.3 Å². The molecule has 2 amide bonds. The molecule has 10 nitrogen and oxygen atoms in total. The van der Waals surface area contributed by atoms with E-state index in [2.05, 4.69) is 30.3 Å². The van der Waals surface area contributed by atoms with Crippen molar-refractivity contribution >= 4 is 34.1 Å². The maximum Gasteiger partial charge on any atom is 0.321 e. The maximum absolute atomic E-state index is 12.8. The van der Waals surface area contributed by atoms with Gasteiger partial charge in [0.25, 0.3) is 0 Å². The first kappa shape index (κ1) is 21.4. The molecule has 1 N–H and O–H groups in total. The summed E-state index contributed by atoms with van der Waals surface area (Å²) in [4.78, 5) is 31.2. The predicted molar refractivity (Wildman–Crippen MR) is 132 cm³/mol. The third-order valence-corrected chi connectivity index (χ3v) is 6.79. The van der Waals surface area contributed by atoms with E-state index in [9.17, 15) is 4.79 Å². The summed E-state index contributed by atoms with van der Waals surface area (Å²) >= 11 is 1.58. The van der Waals surface area contributed by atoms with Crippen molar-refractivity contribution in [3.8, 4) is 16.5 Å². The van der Waals surface area contributed by atoms with Crippen LogP contribution in [0.3, 0.4) is 0 Å². The summed E-state index contributed by atoms with van der Waals surface area (Å²) in [6.45, 7) is 3.26. The zero-order chi connectivity index (χ0) is 23.6. The van der Waals surface area contributed by atoms with Crippen LogP contribution < -0.4 is 5.32 Å². The number of para-hydroxylation sites is 2. The van der Waals surface area contributed by atoms with E-state index in [0.717, 1.165) is 34.8 Å².